The van der Waals surface area contributed by atoms with Gasteiger partial charge in [-0.05, 0) is 38.6 Å². The molecule has 0 radical (unpaired) electrons. The highest BCUT2D eigenvalue weighted by molar-refractivity contribution is 9.10. The number of amides is 1. The van der Waals surface area contributed by atoms with Gasteiger partial charge in [-0.3, -0.25) is 4.79 Å². The second-order valence-electron chi connectivity index (χ2n) is 4.49. The topological polar surface area (TPSA) is 58.4 Å². The van der Waals surface area contributed by atoms with Gasteiger partial charge in [-0.2, -0.15) is 0 Å². The molecule has 0 aromatic heterocycles. The Kier molecular flexibility index (Phi) is 5.62. The standard InChI is InChI=1S/C13H20BrN3O/c1-9(2)17(8-13(15)18)12-6-11(14)5-4-10(12)7-16-3/h4-6,9,16H,7-8H2,1-3H3,(H2,15,18). The molecule has 0 fully saturated rings. The zero-order valence-electron chi connectivity index (χ0n) is 11.0. The number of anilines is 1. The minimum absolute atomic E-state index is 0.211. The van der Waals surface area contributed by atoms with E-state index in [0.29, 0.717) is 0 Å². The second kappa shape index (κ2) is 6.75. The van der Waals surface area contributed by atoms with Crippen LogP contribution in [0.1, 0.15) is 19.4 Å². The molecule has 0 spiro atoms. The van der Waals surface area contributed by atoms with E-state index in [1.165, 1.54) is 0 Å². The first kappa shape index (κ1) is 15.0. The molecule has 0 aliphatic carbocycles. The predicted octanol–water partition coefficient (Wildman–Crippen LogP) is 1.87. The Morgan fingerprint density at radius 1 is 1.50 bits per heavy atom. The summed E-state index contributed by atoms with van der Waals surface area (Å²) in [6.45, 7) is 5.08. The highest BCUT2D eigenvalue weighted by Gasteiger charge is 2.16. The van der Waals surface area contributed by atoms with E-state index in [1.807, 2.05) is 44.0 Å². The molecule has 100 valence electrons. The van der Waals surface area contributed by atoms with E-state index >= 15 is 0 Å². The van der Waals surface area contributed by atoms with Crippen LogP contribution in [-0.4, -0.2) is 25.5 Å². The number of halogens is 1. The molecule has 4 nitrogen and oxygen atoms in total. The number of nitrogens with zero attached hydrogens (tertiary/aromatic N) is 1. The van der Waals surface area contributed by atoms with Gasteiger partial charge in [-0.25, -0.2) is 0 Å². The van der Waals surface area contributed by atoms with Crippen molar-refractivity contribution in [3.63, 3.8) is 0 Å². The van der Waals surface area contributed by atoms with E-state index in [-0.39, 0.29) is 18.5 Å². The van der Waals surface area contributed by atoms with Crippen molar-refractivity contribution >= 4 is 27.5 Å². The lowest BCUT2D eigenvalue weighted by Crippen LogP contribution is -2.39. The largest absolute Gasteiger partial charge is 0.368 e. The predicted molar refractivity (Wildman–Crippen MR) is 78.6 cm³/mol. The van der Waals surface area contributed by atoms with Gasteiger partial charge in [0.15, 0.2) is 0 Å². The van der Waals surface area contributed by atoms with Crippen molar-refractivity contribution < 1.29 is 4.79 Å². The molecule has 1 aromatic rings. The maximum absolute atomic E-state index is 11.2. The van der Waals surface area contributed by atoms with Crippen LogP contribution in [0, 0.1) is 0 Å². The number of hydrogen-bond acceptors (Lipinski definition) is 3. The molecule has 0 heterocycles. The molecular formula is C13H20BrN3O. The fraction of sp³-hybridized carbons (Fsp3) is 0.462. The van der Waals surface area contributed by atoms with Crippen LogP contribution in [-0.2, 0) is 11.3 Å². The molecule has 0 unspecified atom stereocenters. The van der Waals surface area contributed by atoms with Gasteiger partial charge in [0.25, 0.3) is 0 Å². The Hall–Kier alpha value is -1.07. The zero-order valence-corrected chi connectivity index (χ0v) is 12.6. The first-order valence-corrected chi connectivity index (χ1v) is 6.73. The molecule has 1 rings (SSSR count). The number of benzene rings is 1. The van der Waals surface area contributed by atoms with Gasteiger partial charge >= 0.3 is 0 Å². The third kappa shape index (κ3) is 3.99. The summed E-state index contributed by atoms with van der Waals surface area (Å²) in [7, 11) is 1.90. The van der Waals surface area contributed by atoms with Gasteiger partial charge in [0.05, 0.1) is 6.54 Å². The van der Waals surface area contributed by atoms with E-state index in [9.17, 15) is 4.79 Å². The number of carbonyl (C=O) groups is 1. The molecule has 3 N–H and O–H groups in total. The Labute approximate surface area is 117 Å². The summed E-state index contributed by atoms with van der Waals surface area (Å²) in [6, 6.07) is 6.28. The van der Waals surface area contributed by atoms with Crippen LogP contribution in [0.3, 0.4) is 0 Å². The molecular weight excluding hydrogens is 294 g/mol. The summed E-state index contributed by atoms with van der Waals surface area (Å²) in [6.07, 6.45) is 0. The average Bonchev–Trinajstić information content (AvgIpc) is 2.28. The number of hydrogen-bond donors (Lipinski definition) is 2. The van der Waals surface area contributed by atoms with Gasteiger partial charge < -0.3 is 16.0 Å². The van der Waals surface area contributed by atoms with E-state index in [1.54, 1.807) is 0 Å². The molecule has 0 saturated heterocycles. The quantitative estimate of drug-likeness (QED) is 0.843. The minimum atomic E-state index is -0.320. The van der Waals surface area contributed by atoms with Crippen molar-refractivity contribution in [2.24, 2.45) is 5.73 Å². The van der Waals surface area contributed by atoms with Crippen molar-refractivity contribution in [1.29, 1.82) is 0 Å². The molecule has 18 heavy (non-hydrogen) atoms. The molecule has 0 saturated carbocycles. The molecule has 1 amide bonds. The molecule has 0 aliphatic rings. The first-order valence-electron chi connectivity index (χ1n) is 5.93. The number of rotatable bonds is 6. The van der Waals surface area contributed by atoms with Crippen molar-refractivity contribution in [2.75, 3.05) is 18.5 Å². The lowest BCUT2D eigenvalue weighted by Gasteiger charge is -2.30. The van der Waals surface area contributed by atoms with Crippen LogP contribution in [0.15, 0.2) is 22.7 Å². The third-order valence-corrected chi connectivity index (χ3v) is 3.17. The van der Waals surface area contributed by atoms with Crippen molar-refractivity contribution in [3.05, 3.63) is 28.2 Å². The van der Waals surface area contributed by atoms with Gasteiger partial charge in [-0.15, -0.1) is 0 Å². The number of carbonyl (C=O) groups excluding carboxylic acids is 1. The first-order chi connectivity index (χ1) is 8.45. The van der Waals surface area contributed by atoms with Gasteiger partial charge in [-0.1, -0.05) is 22.0 Å². The van der Waals surface area contributed by atoms with Crippen LogP contribution in [0.25, 0.3) is 0 Å². The molecule has 1 aromatic carbocycles. The van der Waals surface area contributed by atoms with Crippen LogP contribution in [0.5, 0.6) is 0 Å². The van der Waals surface area contributed by atoms with E-state index in [0.717, 1.165) is 22.3 Å². The van der Waals surface area contributed by atoms with Crippen LogP contribution in [0.2, 0.25) is 0 Å². The maximum Gasteiger partial charge on any atom is 0.236 e. The van der Waals surface area contributed by atoms with Crippen molar-refractivity contribution in [3.8, 4) is 0 Å². The number of primary amides is 1. The van der Waals surface area contributed by atoms with Gasteiger partial charge in [0.1, 0.15) is 0 Å². The lowest BCUT2D eigenvalue weighted by molar-refractivity contribution is -0.116. The van der Waals surface area contributed by atoms with Crippen LogP contribution < -0.4 is 16.0 Å². The van der Waals surface area contributed by atoms with Crippen molar-refractivity contribution in [1.82, 2.24) is 5.32 Å². The van der Waals surface area contributed by atoms with E-state index in [4.69, 9.17) is 5.73 Å². The van der Waals surface area contributed by atoms with Gasteiger partial charge in [0.2, 0.25) is 5.91 Å². The molecule has 0 aliphatic heterocycles. The number of nitrogens with one attached hydrogen (secondary N) is 1. The number of nitrogens with two attached hydrogens (primary N) is 1. The van der Waals surface area contributed by atoms with Gasteiger partial charge in [0, 0.05) is 22.7 Å². The Balaban J connectivity index is 3.15. The summed E-state index contributed by atoms with van der Waals surface area (Å²) in [4.78, 5) is 13.2. The summed E-state index contributed by atoms with van der Waals surface area (Å²) < 4.78 is 0.993. The molecule has 0 bridgehead atoms. The highest BCUT2D eigenvalue weighted by Crippen LogP contribution is 2.26. The smallest absolute Gasteiger partial charge is 0.236 e. The summed E-state index contributed by atoms with van der Waals surface area (Å²) in [5.74, 6) is -0.320. The monoisotopic (exact) mass is 313 g/mol. The normalized spacial score (nSPS) is 10.7. The lowest BCUT2D eigenvalue weighted by atomic mass is 10.1. The summed E-state index contributed by atoms with van der Waals surface area (Å²) >= 11 is 3.47. The molecule has 0 atom stereocenters. The fourth-order valence-corrected chi connectivity index (χ4v) is 2.21. The van der Waals surface area contributed by atoms with E-state index in [2.05, 4.69) is 21.2 Å². The zero-order chi connectivity index (χ0) is 13.7. The van der Waals surface area contributed by atoms with E-state index < -0.39 is 0 Å². The Bertz CT molecular complexity index is 421. The Morgan fingerprint density at radius 2 is 2.17 bits per heavy atom. The third-order valence-electron chi connectivity index (χ3n) is 2.67. The van der Waals surface area contributed by atoms with Crippen LogP contribution in [0.4, 0.5) is 5.69 Å². The summed E-state index contributed by atoms with van der Waals surface area (Å²) in [5, 5.41) is 3.13. The Morgan fingerprint density at radius 3 is 2.67 bits per heavy atom. The van der Waals surface area contributed by atoms with Crippen molar-refractivity contribution in [2.45, 2.75) is 26.4 Å². The highest BCUT2D eigenvalue weighted by atomic mass is 79.9. The SMILES string of the molecule is CNCc1ccc(Br)cc1N(CC(N)=O)C(C)C. The average molecular weight is 314 g/mol. The van der Waals surface area contributed by atoms with Crippen LogP contribution >= 0.6 is 15.9 Å². The maximum atomic E-state index is 11.2. The summed E-state index contributed by atoms with van der Waals surface area (Å²) in [5.41, 5.74) is 7.51. The molecule has 5 heteroatoms. The second-order valence-corrected chi connectivity index (χ2v) is 5.41. The minimum Gasteiger partial charge on any atom is -0.368 e. The fourth-order valence-electron chi connectivity index (χ4n) is 1.86.